The molecule has 0 aromatic heterocycles. The zero-order chi connectivity index (χ0) is 7.14. The Morgan fingerprint density at radius 2 is 2.20 bits per heavy atom. The Morgan fingerprint density at radius 1 is 1.40 bits per heavy atom. The van der Waals surface area contributed by atoms with Gasteiger partial charge in [0.15, 0.2) is 0 Å². The van der Waals surface area contributed by atoms with Crippen molar-refractivity contribution < 1.29 is 5.11 Å². The van der Waals surface area contributed by atoms with Crippen LogP contribution >= 0.6 is 0 Å². The van der Waals surface area contributed by atoms with E-state index in [-0.39, 0.29) is 6.10 Å². The lowest BCUT2D eigenvalue weighted by molar-refractivity contribution is 0.151. The van der Waals surface area contributed by atoms with Gasteiger partial charge in [0.1, 0.15) is 0 Å². The van der Waals surface area contributed by atoms with Gasteiger partial charge in [-0.25, -0.2) is 0 Å². The highest BCUT2D eigenvalue weighted by Crippen LogP contribution is 2.56. The minimum absolute atomic E-state index is 0.0231. The summed E-state index contributed by atoms with van der Waals surface area (Å²) in [6.45, 7) is 3.72. The van der Waals surface area contributed by atoms with Crippen molar-refractivity contribution in [1.29, 1.82) is 0 Å². The van der Waals surface area contributed by atoms with Gasteiger partial charge in [-0.3, -0.25) is 0 Å². The van der Waals surface area contributed by atoms with Crippen LogP contribution in [-0.2, 0) is 0 Å². The van der Waals surface area contributed by atoms with Crippen molar-refractivity contribution in [3.05, 3.63) is 12.7 Å². The first kappa shape index (κ1) is 6.41. The van der Waals surface area contributed by atoms with Crippen LogP contribution in [0.15, 0.2) is 12.7 Å². The molecule has 10 heavy (non-hydrogen) atoms. The summed E-state index contributed by atoms with van der Waals surface area (Å²) in [5.74, 6) is 2.29. The molecule has 1 heteroatoms. The maximum atomic E-state index is 9.40. The Labute approximate surface area is 61.8 Å². The lowest BCUT2D eigenvalue weighted by atomic mass is 9.99. The summed E-state index contributed by atoms with van der Waals surface area (Å²) < 4.78 is 0. The molecule has 2 fully saturated rings. The van der Waals surface area contributed by atoms with E-state index in [2.05, 4.69) is 6.58 Å². The number of hydrogen-bond donors (Lipinski definition) is 1. The average molecular weight is 138 g/mol. The highest BCUT2D eigenvalue weighted by atomic mass is 16.3. The molecule has 0 spiro atoms. The lowest BCUT2D eigenvalue weighted by Gasteiger charge is -2.08. The van der Waals surface area contributed by atoms with E-state index >= 15 is 0 Å². The normalized spacial score (nSPS) is 50.5. The summed E-state index contributed by atoms with van der Waals surface area (Å²) in [6, 6.07) is 0. The molecule has 0 bridgehead atoms. The SMILES string of the molecule is C=CCC1CC(O)C2CC12. The predicted molar refractivity (Wildman–Crippen MR) is 40.5 cm³/mol. The molecule has 0 radical (unpaired) electrons. The van der Waals surface area contributed by atoms with Crippen LogP contribution < -0.4 is 0 Å². The van der Waals surface area contributed by atoms with Gasteiger partial charge in [-0.15, -0.1) is 6.58 Å². The van der Waals surface area contributed by atoms with E-state index in [0.29, 0.717) is 5.92 Å². The maximum absolute atomic E-state index is 9.40. The second-order valence-corrected chi connectivity index (χ2v) is 3.65. The highest BCUT2D eigenvalue weighted by Gasteiger charge is 2.52. The van der Waals surface area contributed by atoms with E-state index in [1.165, 1.54) is 6.42 Å². The van der Waals surface area contributed by atoms with Crippen LogP contribution in [0.3, 0.4) is 0 Å². The van der Waals surface area contributed by atoms with Crippen LogP contribution in [0.5, 0.6) is 0 Å². The molecule has 2 aliphatic carbocycles. The molecule has 0 heterocycles. The smallest absolute Gasteiger partial charge is 0.0574 e. The molecule has 1 N–H and O–H groups in total. The topological polar surface area (TPSA) is 20.2 Å². The largest absolute Gasteiger partial charge is 0.393 e. The molecule has 0 amide bonds. The molecule has 2 saturated carbocycles. The van der Waals surface area contributed by atoms with E-state index in [9.17, 15) is 5.11 Å². The summed E-state index contributed by atoms with van der Waals surface area (Å²) in [7, 11) is 0. The number of rotatable bonds is 2. The van der Waals surface area contributed by atoms with Crippen molar-refractivity contribution >= 4 is 0 Å². The summed E-state index contributed by atoms with van der Waals surface area (Å²) >= 11 is 0. The predicted octanol–water partition coefficient (Wildman–Crippen LogP) is 1.58. The minimum Gasteiger partial charge on any atom is -0.393 e. The number of aliphatic hydroxyl groups is 1. The van der Waals surface area contributed by atoms with Gasteiger partial charge >= 0.3 is 0 Å². The molecule has 2 rings (SSSR count). The van der Waals surface area contributed by atoms with Gasteiger partial charge in [-0.2, -0.15) is 0 Å². The Balaban J connectivity index is 1.95. The van der Waals surface area contributed by atoms with Crippen LogP contribution in [0.2, 0.25) is 0 Å². The number of aliphatic hydroxyl groups excluding tert-OH is 1. The Bertz CT molecular complexity index is 153. The number of fused-ring (bicyclic) bond motifs is 1. The van der Waals surface area contributed by atoms with Crippen molar-refractivity contribution in [2.24, 2.45) is 17.8 Å². The van der Waals surface area contributed by atoms with Crippen LogP contribution in [0.4, 0.5) is 0 Å². The number of allylic oxidation sites excluding steroid dienone is 1. The molecule has 56 valence electrons. The molecule has 2 aliphatic rings. The third-order valence-electron chi connectivity index (χ3n) is 3.00. The maximum Gasteiger partial charge on any atom is 0.0574 e. The van der Waals surface area contributed by atoms with Crippen LogP contribution in [0.25, 0.3) is 0 Å². The zero-order valence-electron chi connectivity index (χ0n) is 6.16. The molecule has 0 aromatic carbocycles. The fraction of sp³-hybridized carbons (Fsp3) is 0.778. The van der Waals surface area contributed by atoms with Crippen LogP contribution in [-0.4, -0.2) is 11.2 Å². The molecular formula is C9H14O. The van der Waals surface area contributed by atoms with Gasteiger partial charge in [0.05, 0.1) is 6.10 Å². The van der Waals surface area contributed by atoms with Crippen molar-refractivity contribution in [2.75, 3.05) is 0 Å². The summed E-state index contributed by atoms with van der Waals surface area (Å²) in [4.78, 5) is 0. The zero-order valence-corrected chi connectivity index (χ0v) is 6.16. The average Bonchev–Trinajstić information content (AvgIpc) is 2.59. The van der Waals surface area contributed by atoms with Crippen molar-refractivity contribution in [3.8, 4) is 0 Å². The first-order valence-electron chi connectivity index (χ1n) is 4.12. The van der Waals surface area contributed by atoms with E-state index < -0.39 is 0 Å². The van der Waals surface area contributed by atoms with Gasteiger partial charge in [0.2, 0.25) is 0 Å². The second-order valence-electron chi connectivity index (χ2n) is 3.65. The van der Waals surface area contributed by atoms with Crippen molar-refractivity contribution in [3.63, 3.8) is 0 Å². The fourth-order valence-electron chi connectivity index (χ4n) is 2.37. The van der Waals surface area contributed by atoms with E-state index in [4.69, 9.17) is 0 Å². The number of hydrogen-bond acceptors (Lipinski definition) is 1. The standard InChI is InChI=1S/C9H14O/c1-2-3-6-4-9(10)8-5-7(6)8/h2,6-10H,1,3-5H2. The Hall–Kier alpha value is -0.300. The van der Waals surface area contributed by atoms with Gasteiger partial charge in [0.25, 0.3) is 0 Å². The second kappa shape index (κ2) is 2.09. The van der Waals surface area contributed by atoms with E-state index in [1.807, 2.05) is 6.08 Å². The fourth-order valence-corrected chi connectivity index (χ4v) is 2.37. The lowest BCUT2D eigenvalue weighted by Crippen LogP contribution is -2.06. The third kappa shape index (κ3) is 0.807. The summed E-state index contributed by atoms with van der Waals surface area (Å²) in [6.07, 6.45) is 5.42. The monoisotopic (exact) mass is 138 g/mol. The van der Waals surface area contributed by atoms with Gasteiger partial charge in [0, 0.05) is 0 Å². The Morgan fingerprint density at radius 3 is 2.60 bits per heavy atom. The van der Waals surface area contributed by atoms with E-state index in [1.54, 1.807) is 0 Å². The van der Waals surface area contributed by atoms with Crippen LogP contribution in [0.1, 0.15) is 19.3 Å². The minimum atomic E-state index is 0.0231. The van der Waals surface area contributed by atoms with Crippen molar-refractivity contribution in [1.82, 2.24) is 0 Å². The highest BCUT2D eigenvalue weighted by molar-refractivity contribution is 5.04. The molecule has 0 saturated heterocycles. The summed E-state index contributed by atoms with van der Waals surface area (Å²) in [5.41, 5.74) is 0. The molecule has 1 nitrogen and oxygen atoms in total. The third-order valence-corrected chi connectivity index (χ3v) is 3.00. The first-order valence-corrected chi connectivity index (χ1v) is 4.12. The quantitative estimate of drug-likeness (QED) is 0.574. The van der Waals surface area contributed by atoms with Gasteiger partial charge in [-0.05, 0) is 37.0 Å². The molecule has 0 aliphatic heterocycles. The van der Waals surface area contributed by atoms with Crippen molar-refractivity contribution in [2.45, 2.75) is 25.4 Å². The Kier molecular flexibility index (Phi) is 1.34. The van der Waals surface area contributed by atoms with Gasteiger partial charge < -0.3 is 5.11 Å². The molecule has 0 aromatic rings. The molecular weight excluding hydrogens is 124 g/mol. The molecule has 4 atom stereocenters. The van der Waals surface area contributed by atoms with Crippen LogP contribution in [0, 0.1) is 17.8 Å². The van der Waals surface area contributed by atoms with Gasteiger partial charge in [-0.1, -0.05) is 6.08 Å². The summed E-state index contributed by atoms with van der Waals surface area (Å²) in [5, 5.41) is 9.40. The van der Waals surface area contributed by atoms with E-state index in [0.717, 1.165) is 24.7 Å². The molecule has 4 unspecified atom stereocenters. The first-order chi connectivity index (χ1) is 4.83.